The summed E-state index contributed by atoms with van der Waals surface area (Å²) in [5, 5.41) is 0. The summed E-state index contributed by atoms with van der Waals surface area (Å²) >= 11 is 0.826. The van der Waals surface area contributed by atoms with Crippen molar-refractivity contribution in [3.63, 3.8) is 0 Å². The molecule has 2 aromatic carbocycles. The smallest absolute Gasteiger partial charge is 0.397 e. The summed E-state index contributed by atoms with van der Waals surface area (Å²) in [6, 6.07) is 11.0. The molecule has 0 aliphatic rings. The van der Waals surface area contributed by atoms with E-state index in [2.05, 4.69) is 0 Å². The van der Waals surface area contributed by atoms with Crippen molar-refractivity contribution in [1.82, 2.24) is 0 Å². The molecule has 0 N–H and O–H groups in total. The third kappa shape index (κ3) is 6.48. The number of ether oxygens (including phenoxy) is 2. The molecule has 0 saturated carbocycles. The first kappa shape index (κ1) is 22.1. The number of halogens is 3. The van der Waals surface area contributed by atoms with Gasteiger partial charge < -0.3 is 9.47 Å². The Labute approximate surface area is 167 Å². The number of methoxy groups -OCH3 is 1. The number of thioether (sulfide) groups is 1. The number of aryl methyl sites for hydroxylation is 1. The Morgan fingerprint density at radius 1 is 1.11 bits per heavy atom. The summed E-state index contributed by atoms with van der Waals surface area (Å²) < 4.78 is 48.0. The lowest BCUT2D eigenvalue weighted by molar-refractivity contribution is -0.142. The summed E-state index contributed by atoms with van der Waals surface area (Å²) in [6.45, 7) is 3.95. The quantitative estimate of drug-likeness (QED) is 0.531. The van der Waals surface area contributed by atoms with E-state index in [1.165, 1.54) is 7.11 Å². The zero-order valence-electron chi connectivity index (χ0n) is 16.1. The third-order valence-electron chi connectivity index (χ3n) is 3.99. The molecule has 152 valence electrons. The van der Waals surface area contributed by atoms with Gasteiger partial charge in [0.05, 0.1) is 25.9 Å². The molecular weight excluding hydrogens is 389 g/mol. The van der Waals surface area contributed by atoms with Gasteiger partial charge in [-0.1, -0.05) is 29.8 Å². The van der Waals surface area contributed by atoms with Crippen molar-refractivity contribution in [3.8, 4) is 16.9 Å². The number of hydrogen-bond donors (Lipinski definition) is 0. The van der Waals surface area contributed by atoms with Crippen molar-refractivity contribution in [2.45, 2.75) is 32.2 Å². The third-order valence-corrected chi connectivity index (χ3v) is 5.04. The van der Waals surface area contributed by atoms with Gasteiger partial charge in [0.2, 0.25) is 0 Å². The highest BCUT2D eigenvalue weighted by Crippen LogP contribution is 2.36. The Morgan fingerprint density at radius 2 is 1.86 bits per heavy atom. The van der Waals surface area contributed by atoms with Gasteiger partial charge >= 0.3 is 12.1 Å². The maximum atomic E-state index is 12.5. The van der Waals surface area contributed by atoms with Crippen LogP contribution in [-0.4, -0.2) is 31.6 Å². The predicted molar refractivity (Wildman–Crippen MR) is 106 cm³/mol. The molecule has 0 saturated heterocycles. The van der Waals surface area contributed by atoms with E-state index in [-0.39, 0.29) is 18.1 Å². The Morgan fingerprint density at radius 3 is 2.50 bits per heavy atom. The van der Waals surface area contributed by atoms with E-state index in [0.29, 0.717) is 12.4 Å². The molecule has 0 amide bonds. The van der Waals surface area contributed by atoms with Crippen LogP contribution < -0.4 is 4.74 Å². The fraction of sp³-hybridized carbons (Fsp3) is 0.381. The normalized spacial score (nSPS) is 11.4. The van der Waals surface area contributed by atoms with Crippen LogP contribution in [0.4, 0.5) is 13.2 Å². The van der Waals surface area contributed by atoms with Crippen LogP contribution in [0, 0.1) is 6.92 Å². The van der Waals surface area contributed by atoms with Crippen LogP contribution in [0.25, 0.3) is 11.1 Å². The van der Waals surface area contributed by atoms with E-state index in [1.54, 1.807) is 19.1 Å². The molecule has 28 heavy (non-hydrogen) atoms. The molecule has 0 bridgehead atoms. The van der Waals surface area contributed by atoms with Crippen molar-refractivity contribution in [2.24, 2.45) is 0 Å². The molecule has 0 unspecified atom stereocenters. The molecule has 0 aromatic heterocycles. The molecule has 7 heteroatoms. The van der Waals surface area contributed by atoms with Crippen molar-refractivity contribution in [2.75, 3.05) is 19.5 Å². The van der Waals surface area contributed by atoms with Gasteiger partial charge in [0, 0.05) is 11.3 Å². The Balaban J connectivity index is 2.37. The van der Waals surface area contributed by atoms with Crippen LogP contribution in [0.2, 0.25) is 0 Å². The zero-order chi connectivity index (χ0) is 20.7. The molecule has 0 aliphatic carbocycles. The van der Waals surface area contributed by atoms with Crippen molar-refractivity contribution >= 4 is 17.7 Å². The van der Waals surface area contributed by atoms with Gasteiger partial charge in [0.25, 0.3) is 0 Å². The van der Waals surface area contributed by atoms with Gasteiger partial charge in [-0.3, -0.25) is 4.79 Å². The SMILES string of the molecule is CCOC(=O)Cc1ccc(OC)c(-c2ccc(C)cc2CSCC(F)(F)F)c1. The molecule has 0 atom stereocenters. The molecule has 0 fully saturated rings. The van der Waals surface area contributed by atoms with Gasteiger partial charge in [-0.2, -0.15) is 13.2 Å². The molecule has 3 nitrogen and oxygen atoms in total. The maximum Gasteiger partial charge on any atom is 0.397 e. The van der Waals surface area contributed by atoms with Gasteiger partial charge in [-0.15, -0.1) is 11.8 Å². The largest absolute Gasteiger partial charge is 0.496 e. The molecule has 0 spiro atoms. The topological polar surface area (TPSA) is 35.5 Å². The molecular formula is C21H23F3O3S. The number of benzene rings is 2. The van der Waals surface area contributed by atoms with Gasteiger partial charge in [0.15, 0.2) is 0 Å². The molecule has 0 heterocycles. The Hall–Kier alpha value is -2.15. The first-order valence-corrected chi connectivity index (χ1v) is 9.96. The molecule has 2 aromatic rings. The first-order valence-electron chi connectivity index (χ1n) is 8.80. The number of carbonyl (C=O) groups is 1. The van der Waals surface area contributed by atoms with E-state index >= 15 is 0 Å². The maximum absolute atomic E-state index is 12.5. The summed E-state index contributed by atoms with van der Waals surface area (Å²) in [4.78, 5) is 11.8. The van der Waals surface area contributed by atoms with E-state index in [4.69, 9.17) is 9.47 Å². The molecule has 2 rings (SSSR count). The lowest BCUT2D eigenvalue weighted by Crippen LogP contribution is -2.11. The van der Waals surface area contributed by atoms with Crippen molar-refractivity contribution < 1.29 is 27.4 Å². The van der Waals surface area contributed by atoms with Crippen molar-refractivity contribution in [1.29, 1.82) is 0 Å². The first-order chi connectivity index (χ1) is 13.2. The average Bonchev–Trinajstić information content (AvgIpc) is 2.61. The van der Waals surface area contributed by atoms with Crippen LogP contribution in [-0.2, 0) is 21.7 Å². The second-order valence-corrected chi connectivity index (χ2v) is 7.27. The monoisotopic (exact) mass is 412 g/mol. The van der Waals surface area contributed by atoms with Crippen LogP contribution in [0.5, 0.6) is 5.75 Å². The number of esters is 1. The fourth-order valence-electron chi connectivity index (χ4n) is 2.84. The standard InChI is InChI=1S/C21H23F3O3S/c1-4-27-20(25)11-15-6-8-19(26-3)18(10-15)17-7-5-14(2)9-16(17)12-28-13-21(22,23)24/h5-10H,4,11-13H2,1-3H3. The van der Waals surface area contributed by atoms with Crippen molar-refractivity contribution in [3.05, 3.63) is 53.1 Å². The van der Waals surface area contributed by atoms with Crippen LogP contribution in [0.3, 0.4) is 0 Å². The highest BCUT2D eigenvalue weighted by molar-refractivity contribution is 7.98. The second-order valence-electron chi connectivity index (χ2n) is 6.29. The summed E-state index contributed by atoms with van der Waals surface area (Å²) in [6.07, 6.45) is -4.08. The second kappa shape index (κ2) is 9.87. The minimum absolute atomic E-state index is 0.120. The summed E-state index contributed by atoms with van der Waals surface area (Å²) in [5.74, 6) is -0.413. The fourth-order valence-corrected chi connectivity index (χ4v) is 3.63. The average molecular weight is 412 g/mol. The number of carbonyl (C=O) groups excluding carboxylic acids is 1. The van der Waals surface area contributed by atoms with Gasteiger partial charge in [-0.25, -0.2) is 0 Å². The minimum atomic E-state index is -4.20. The minimum Gasteiger partial charge on any atom is -0.496 e. The van der Waals surface area contributed by atoms with E-state index in [0.717, 1.165) is 39.6 Å². The van der Waals surface area contributed by atoms with Gasteiger partial charge in [-0.05, 0) is 42.7 Å². The zero-order valence-corrected chi connectivity index (χ0v) is 16.9. The lowest BCUT2D eigenvalue weighted by atomic mass is 9.95. The number of rotatable bonds is 8. The predicted octanol–water partition coefficient (Wildman–Crippen LogP) is 5.57. The van der Waals surface area contributed by atoms with Crippen LogP contribution >= 0.6 is 11.8 Å². The van der Waals surface area contributed by atoms with E-state index in [9.17, 15) is 18.0 Å². The highest BCUT2D eigenvalue weighted by atomic mass is 32.2. The molecule has 0 aliphatic heterocycles. The molecule has 0 radical (unpaired) electrons. The van der Waals surface area contributed by atoms with Crippen LogP contribution in [0.1, 0.15) is 23.6 Å². The van der Waals surface area contributed by atoms with Crippen LogP contribution in [0.15, 0.2) is 36.4 Å². The van der Waals surface area contributed by atoms with Gasteiger partial charge in [0.1, 0.15) is 5.75 Å². The highest BCUT2D eigenvalue weighted by Gasteiger charge is 2.27. The lowest BCUT2D eigenvalue weighted by Gasteiger charge is -2.16. The number of hydrogen-bond acceptors (Lipinski definition) is 4. The Bertz CT molecular complexity index is 819. The Kier molecular flexibility index (Phi) is 7.80. The van der Waals surface area contributed by atoms with E-state index < -0.39 is 11.9 Å². The summed E-state index contributed by atoms with van der Waals surface area (Å²) in [7, 11) is 1.54. The van der Waals surface area contributed by atoms with E-state index in [1.807, 2.05) is 31.2 Å². The summed E-state index contributed by atoms with van der Waals surface area (Å²) in [5.41, 5.74) is 4.05. The number of alkyl halides is 3.